The van der Waals surface area contributed by atoms with E-state index in [1.54, 1.807) is 12.1 Å². The zero-order valence-electron chi connectivity index (χ0n) is 14.4. The van der Waals surface area contributed by atoms with Crippen LogP contribution in [0.5, 0.6) is 5.75 Å². The summed E-state index contributed by atoms with van der Waals surface area (Å²) in [6.45, 7) is 2.58. The number of nitrogens with zero attached hydrogens (tertiary/aromatic N) is 1. The minimum absolute atomic E-state index is 0. The Kier molecular flexibility index (Phi) is 7.24. The molecular weight excluding hydrogens is 341 g/mol. The second-order valence-electron chi connectivity index (χ2n) is 6.38. The smallest absolute Gasteiger partial charge is 0.150 e. The van der Waals surface area contributed by atoms with E-state index in [0.29, 0.717) is 18.7 Å². The summed E-state index contributed by atoms with van der Waals surface area (Å²) >= 11 is 0. The first-order valence-corrected chi connectivity index (χ1v) is 8.60. The van der Waals surface area contributed by atoms with Gasteiger partial charge in [0.1, 0.15) is 5.82 Å². The maximum absolute atomic E-state index is 13.7. The van der Waals surface area contributed by atoms with Crippen LogP contribution in [-0.2, 0) is 12.8 Å². The predicted octanol–water partition coefficient (Wildman–Crippen LogP) is 4.17. The maximum Gasteiger partial charge on any atom is 0.150 e. The molecule has 5 heteroatoms. The van der Waals surface area contributed by atoms with Crippen molar-refractivity contribution in [1.29, 1.82) is 0 Å². The number of hydroxylamine groups is 2. The van der Waals surface area contributed by atoms with Crippen LogP contribution in [-0.4, -0.2) is 28.9 Å². The summed E-state index contributed by atoms with van der Waals surface area (Å²) in [5, 5.41) is 11.7. The van der Waals surface area contributed by atoms with Crippen molar-refractivity contribution in [3.63, 3.8) is 0 Å². The van der Waals surface area contributed by atoms with E-state index in [-0.39, 0.29) is 30.4 Å². The fourth-order valence-corrected chi connectivity index (χ4v) is 3.23. The number of aliphatic hydroxyl groups excluding tert-OH is 1. The van der Waals surface area contributed by atoms with Crippen molar-refractivity contribution < 1.29 is 14.3 Å². The first-order valence-electron chi connectivity index (χ1n) is 8.60. The van der Waals surface area contributed by atoms with E-state index in [1.807, 2.05) is 23.3 Å². The Morgan fingerprint density at radius 3 is 2.64 bits per heavy atom. The number of rotatable bonds is 6. The van der Waals surface area contributed by atoms with Gasteiger partial charge in [-0.05, 0) is 55.0 Å². The van der Waals surface area contributed by atoms with Gasteiger partial charge in [-0.1, -0.05) is 37.3 Å². The Morgan fingerprint density at radius 1 is 1.16 bits per heavy atom. The van der Waals surface area contributed by atoms with Gasteiger partial charge in [-0.2, -0.15) is 0 Å². The molecule has 0 radical (unpaired) electrons. The topological polar surface area (TPSA) is 32.7 Å². The molecule has 1 heterocycles. The molecule has 0 aliphatic carbocycles. The molecule has 2 atom stereocenters. The van der Waals surface area contributed by atoms with Crippen molar-refractivity contribution in [1.82, 2.24) is 5.06 Å². The van der Waals surface area contributed by atoms with E-state index in [2.05, 4.69) is 19.1 Å². The van der Waals surface area contributed by atoms with Crippen LogP contribution in [0, 0.1) is 5.82 Å². The van der Waals surface area contributed by atoms with Crippen molar-refractivity contribution in [3.05, 3.63) is 65.5 Å². The van der Waals surface area contributed by atoms with Gasteiger partial charge in [0.25, 0.3) is 0 Å². The minimum Gasteiger partial charge on any atom is -0.405 e. The molecule has 1 fully saturated rings. The molecular formula is C20H25ClFNO2. The van der Waals surface area contributed by atoms with Crippen LogP contribution in [0.4, 0.5) is 4.39 Å². The first kappa shape index (κ1) is 19.7. The maximum atomic E-state index is 13.7. The fraction of sp³-hybridized carbons (Fsp3) is 0.400. The van der Waals surface area contributed by atoms with E-state index in [4.69, 9.17) is 4.84 Å². The third-order valence-corrected chi connectivity index (χ3v) is 4.58. The van der Waals surface area contributed by atoms with Gasteiger partial charge in [0.05, 0.1) is 12.6 Å². The molecule has 1 aliphatic rings. The quantitative estimate of drug-likeness (QED) is 0.833. The van der Waals surface area contributed by atoms with Gasteiger partial charge >= 0.3 is 0 Å². The van der Waals surface area contributed by atoms with Gasteiger partial charge in [0.2, 0.25) is 0 Å². The normalized spacial score (nSPS) is 20.3. The summed E-state index contributed by atoms with van der Waals surface area (Å²) in [5.41, 5.74) is 2.07. The molecule has 0 bridgehead atoms. The van der Waals surface area contributed by atoms with Crippen molar-refractivity contribution in [3.8, 4) is 5.75 Å². The third-order valence-electron chi connectivity index (χ3n) is 4.58. The van der Waals surface area contributed by atoms with Crippen LogP contribution in [0.15, 0.2) is 48.5 Å². The molecule has 1 aliphatic heterocycles. The highest BCUT2D eigenvalue weighted by atomic mass is 35.5. The lowest BCUT2D eigenvalue weighted by Gasteiger charge is -2.24. The molecule has 2 aromatic rings. The Labute approximate surface area is 154 Å². The molecule has 1 saturated heterocycles. The zero-order chi connectivity index (χ0) is 16.9. The summed E-state index contributed by atoms with van der Waals surface area (Å²) < 4.78 is 13.7. The van der Waals surface area contributed by atoms with E-state index < -0.39 is 0 Å². The molecule has 0 saturated carbocycles. The van der Waals surface area contributed by atoms with Crippen LogP contribution in [0.2, 0.25) is 0 Å². The Hall–Kier alpha value is -1.62. The predicted molar refractivity (Wildman–Crippen MR) is 99.5 cm³/mol. The largest absolute Gasteiger partial charge is 0.405 e. The SMILES string of the molecule is CCC1CC(O)CN1Oc1ccc(F)cc1CCc1ccccc1.Cl. The molecule has 0 amide bonds. The van der Waals surface area contributed by atoms with Gasteiger partial charge in [0, 0.05) is 6.04 Å². The van der Waals surface area contributed by atoms with E-state index in [1.165, 1.54) is 11.6 Å². The number of aliphatic hydroxyl groups is 1. The van der Waals surface area contributed by atoms with Crippen molar-refractivity contribution in [2.24, 2.45) is 0 Å². The van der Waals surface area contributed by atoms with Gasteiger partial charge < -0.3 is 9.94 Å². The van der Waals surface area contributed by atoms with Crippen molar-refractivity contribution >= 4 is 12.4 Å². The summed E-state index contributed by atoms with van der Waals surface area (Å²) in [5.74, 6) is 0.429. The molecule has 136 valence electrons. The van der Waals surface area contributed by atoms with Crippen molar-refractivity contribution in [2.75, 3.05) is 6.54 Å². The molecule has 3 rings (SSSR count). The lowest BCUT2D eigenvalue weighted by molar-refractivity contribution is -0.0769. The highest BCUT2D eigenvalue weighted by Crippen LogP contribution is 2.27. The number of hydrogen-bond acceptors (Lipinski definition) is 3. The lowest BCUT2D eigenvalue weighted by Crippen LogP contribution is -2.33. The summed E-state index contributed by atoms with van der Waals surface area (Å²) in [6, 6.07) is 15.0. The Morgan fingerprint density at radius 2 is 1.92 bits per heavy atom. The number of aryl methyl sites for hydroxylation is 2. The molecule has 0 aromatic heterocycles. The summed E-state index contributed by atoms with van der Waals surface area (Å²) in [7, 11) is 0. The van der Waals surface area contributed by atoms with Crippen LogP contribution in [0.3, 0.4) is 0 Å². The van der Waals surface area contributed by atoms with Gasteiger partial charge in [-0.15, -0.1) is 17.5 Å². The lowest BCUT2D eigenvalue weighted by atomic mass is 10.0. The van der Waals surface area contributed by atoms with Gasteiger partial charge in [-0.25, -0.2) is 4.39 Å². The van der Waals surface area contributed by atoms with E-state index in [9.17, 15) is 9.50 Å². The fourth-order valence-electron chi connectivity index (χ4n) is 3.23. The van der Waals surface area contributed by atoms with E-state index in [0.717, 1.165) is 24.8 Å². The minimum atomic E-state index is -0.358. The average Bonchev–Trinajstić information content (AvgIpc) is 2.95. The highest BCUT2D eigenvalue weighted by Gasteiger charge is 2.31. The monoisotopic (exact) mass is 365 g/mol. The molecule has 2 aromatic carbocycles. The number of β-amino-alcohol motifs (C(OH)–C–C–N with tert-alkyl or cyclic N) is 1. The van der Waals surface area contributed by atoms with Crippen LogP contribution >= 0.6 is 12.4 Å². The van der Waals surface area contributed by atoms with Gasteiger partial charge in [0.15, 0.2) is 5.75 Å². The molecule has 1 N–H and O–H groups in total. The number of hydrogen-bond donors (Lipinski definition) is 1. The zero-order valence-corrected chi connectivity index (χ0v) is 15.2. The van der Waals surface area contributed by atoms with Crippen LogP contribution in [0.25, 0.3) is 0 Å². The summed E-state index contributed by atoms with van der Waals surface area (Å²) in [6.07, 6.45) is 2.82. The van der Waals surface area contributed by atoms with Crippen LogP contribution in [0.1, 0.15) is 30.9 Å². The Bertz CT molecular complexity index is 668. The first-order chi connectivity index (χ1) is 11.7. The summed E-state index contributed by atoms with van der Waals surface area (Å²) in [4.78, 5) is 6.03. The van der Waals surface area contributed by atoms with Crippen molar-refractivity contribution in [2.45, 2.75) is 44.8 Å². The van der Waals surface area contributed by atoms with Gasteiger partial charge in [-0.3, -0.25) is 0 Å². The second-order valence-corrected chi connectivity index (χ2v) is 6.38. The standard InChI is InChI=1S/C20H24FNO2.ClH/c1-2-18-13-19(23)14-22(18)24-20-11-10-17(21)12-16(20)9-8-15-6-4-3-5-7-15;/h3-7,10-12,18-19,23H,2,8-9,13-14H2,1H3;1H. The Balaban J connectivity index is 0.00000225. The van der Waals surface area contributed by atoms with Crippen LogP contribution < -0.4 is 4.84 Å². The highest BCUT2D eigenvalue weighted by molar-refractivity contribution is 5.85. The molecule has 2 unspecified atom stereocenters. The van der Waals surface area contributed by atoms with E-state index >= 15 is 0 Å². The second kappa shape index (κ2) is 9.18. The molecule has 25 heavy (non-hydrogen) atoms. The third kappa shape index (κ3) is 5.18. The molecule has 0 spiro atoms. The molecule has 3 nitrogen and oxygen atoms in total. The number of benzene rings is 2. The average molecular weight is 366 g/mol. The number of halogens is 2.